The average Bonchev–Trinajstić information content (AvgIpc) is 2.68. The number of rotatable bonds is 3. The van der Waals surface area contributed by atoms with Crippen LogP contribution in [-0.4, -0.2) is 47.2 Å². The second-order valence-corrected chi connectivity index (χ2v) is 4.42. The van der Waals surface area contributed by atoms with E-state index >= 15 is 0 Å². The molecule has 0 heterocycles. The molecular weight excluding hydrogens is 224 g/mol. The maximum atomic E-state index is 11.2. The van der Waals surface area contributed by atoms with Gasteiger partial charge in [0.15, 0.2) is 0 Å². The summed E-state index contributed by atoms with van der Waals surface area (Å²) in [5.41, 5.74) is 0.938. The summed E-state index contributed by atoms with van der Waals surface area (Å²) >= 11 is 0. The molecule has 17 heavy (non-hydrogen) atoms. The van der Waals surface area contributed by atoms with E-state index in [0.717, 1.165) is 0 Å². The summed E-state index contributed by atoms with van der Waals surface area (Å²) < 4.78 is 5.24. The molecule has 5 heteroatoms. The minimum absolute atomic E-state index is 0.176. The minimum Gasteiger partial charge on any atom is -0.478 e. The molecule has 0 radical (unpaired) electrons. The molecule has 0 aromatic heterocycles. The van der Waals surface area contributed by atoms with E-state index < -0.39 is 18.0 Å². The van der Waals surface area contributed by atoms with E-state index in [1.54, 1.807) is 12.2 Å². The Hall–Kier alpha value is -1.17. The zero-order valence-electron chi connectivity index (χ0n) is 9.54. The zero-order chi connectivity index (χ0) is 12.6. The smallest absolute Gasteiger partial charge is 0.331 e. The number of methoxy groups -OCH3 is 1. The van der Waals surface area contributed by atoms with Crippen LogP contribution >= 0.6 is 0 Å². The van der Waals surface area contributed by atoms with E-state index in [0.29, 0.717) is 12.0 Å². The molecular formula is C12H16O5. The first kappa shape index (κ1) is 12.3. The molecule has 0 bridgehead atoms. The Morgan fingerprint density at radius 2 is 2.24 bits per heavy atom. The van der Waals surface area contributed by atoms with Gasteiger partial charge in [0.05, 0.1) is 18.8 Å². The van der Waals surface area contributed by atoms with Crippen molar-refractivity contribution in [3.05, 3.63) is 23.3 Å². The Morgan fingerprint density at radius 3 is 2.76 bits per heavy atom. The minimum atomic E-state index is -0.985. The molecule has 0 aliphatic heterocycles. The third kappa shape index (κ3) is 1.90. The van der Waals surface area contributed by atoms with Crippen LogP contribution in [0.3, 0.4) is 0 Å². The van der Waals surface area contributed by atoms with Crippen molar-refractivity contribution in [1.82, 2.24) is 0 Å². The molecule has 0 fully saturated rings. The lowest BCUT2D eigenvalue weighted by Gasteiger charge is -2.33. The maximum Gasteiger partial charge on any atom is 0.331 e. The van der Waals surface area contributed by atoms with Gasteiger partial charge in [-0.2, -0.15) is 0 Å². The molecule has 4 unspecified atom stereocenters. The third-order valence-corrected chi connectivity index (χ3v) is 3.60. The van der Waals surface area contributed by atoms with Gasteiger partial charge in [0.2, 0.25) is 0 Å². The molecule has 0 saturated heterocycles. The predicted molar refractivity (Wildman–Crippen MR) is 59.3 cm³/mol. The van der Waals surface area contributed by atoms with Gasteiger partial charge in [-0.25, -0.2) is 4.79 Å². The third-order valence-electron chi connectivity index (χ3n) is 3.60. The number of carboxylic acid groups (broad SMARTS) is 1. The number of aliphatic carboxylic acids is 1. The summed E-state index contributed by atoms with van der Waals surface area (Å²) in [5, 5.41) is 28.4. The molecule has 0 spiro atoms. The average molecular weight is 240 g/mol. The monoisotopic (exact) mass is 240 g/mol. The van der Waals surface area contributed by atoms with Crippen molar-refractivity contribution >= 4 is 5.97 Å². The number of aliphatic hydroxyl groups excluding tert-OH is 2. The van der Waals surface area contributed by atoms with E-state index in [-0.39, 0.29) is 24.2 Å². The van der Waals surface area contributed by atoms with Crippen molar-refractivity contribution in [2.24, 2.45) is 11.8 Å². The lowest BCUT2D eigenvalue weighted by molar-refractivity contribution is -0.134. The van der Waals surface area contributed by atoms with Crippen molar-refractivity contribution in [2.75, 3.05) is 13.7 Å². The SMILES string of the molecule is COC1C=C(CO)C2C(O)CC=C(C(=O)O)C12. The molecule has 4 atom stereocenters. The molecule has 2 aliphatic carbocycles. The van der Waals surface area contributed by atoms with Crippen LogP contribution in [0.2, 0.25) is 0 Å². The Balaban J connectivity index is 2.39. The van der Waals surface area contributed by atoms with Gasteiger partial charge in [-0.3, -0.25) is 0 Å². The van der Waals surface area contributed by atoms with Crippen molar-refractivity contribution in [2.45, 2.75) is 18.6 Å². The largest absolute Gasteiger partial charge is 0.478 e. The van der Waals surface area contributed by atoms with Crippen LogP contribution in [0.5, 0.6) is 0 Å². The first-order valence-electron chi connectivity index (χ1n) is 5.55. The zero-order valence-corrected chi connectivity index (χ0v) is 9.54. The predicted octanol–water partition coefficient (Wildman–Crippen LogP) is -0.0583. The maximum absolute atomic E-state index is 11.2. The highest BCUT2D eigenvalue weighted by atomic mass is 16.5. The highest BCUT2D eigenvalue weighted by Gasteiger charge is 2.46. The Labute approximate surface area is 99.0 Å². The summed E-state index contributed by atoms with van der Waals surface area (Å²) in [6, 6.07) is 0. The van der Waals surface area contributed by atoms with Gasteiger partial charge in [0.25, 0.3) is 0 Å². The summed E-state index contributed by atoms with van der Waals surface area (Å²) in [6.45, 7) is -0.176. The standard InChI is InChI=1S/C12H16O5/c1-17-9-4-6(5-13)10-8(14)3-2-7(11(9)10)12(15)16/h2,4,8-11,13-14H,3,5H2,1H3,(H,15,16). The topological polar surface area (TPSA) is 87.0 Å². The fraction of sp³-hybridized carbons (Fsp3) is 0.583. The van der Waals surface area contributed by atoms with Crippen LogP contribution in [0, 0.1) is 11.8 Å². The van der Waals surface area contributed by atoms with Crippen molar-refractivity contribution in [3.63, 3.8) is 0 Å². The second kappa shape index (κ2) is 4.60. The second-order valence-electron chi connectivity index (χ2n) is 4.42. The van der Waals surface area contributed by atoms with Crippen LogP contribution in [0.1, 0.15) is 6.42 Å². The fourth-order valence-electron chi connectivity index (χ4n) is 2.85. The van der Waals surface area contributed by atoms with Crippen molar-refractivity contribution in [1.29, 1.82) is 0 Å². The van der Waals surface area contributed by atoms with Gasteiger partial charge in [0, 0.05) is 24.5 Å². The lowest BCUT2D eigenvalue weighted by atomic mass is 9.75. The first-order valence-corrected chi connectivity index (χ1v) is 5.55. The Morgan fingerprint density at radius 1 is 1.53 bits per heavy atom. The van der Waals surface area contributed by atoms with Gasteiger partial charge in [-0.05, 0) is 12.0 Å². The van der Waals surface area contributed by atoms with Crippen molar-refractivity contribution < 1.29 is 24.9 Å². The number of hydrogen-bond acceptors (Lipinski definition) is 4. The fourth-order valence-corrected chi connectivity index (χ4v) is 2.85. The van der Waals surface area contributed by atoms with Crippen LogP contribution in [-0.2, 0) is 9.53 Å². The number of ether oxygens (including phenoxy) is 1. The molecule has 3 N–H and O–H groups in total. The highest BCUT2D eigenvalue weighted by Crippen LogP contribution is 2.44. The Bertz CT molecular complexity index is 384. The quantitative estimate of drug-likeness (QED) is 0.602. The number of aliphatic hydroxyl groups is 2. The molecule has 2 rings (SSSR count). The molecule has 0 aromatic carbocycles. The van der Waals surface area contributed by atoms with Gasteiger partial charge < -0.3 is 20.1 Å². The summed E-state index contributed by atoms with van der Waals surface area (Å²) in [4.78, 5) is 11.2. The van der Waals surface area contributed by atoms with Crippen LogP contribution in [0.15, 0.2) is 23.3 Å². The van der Waals surface area contributed by atoms with E-state index in [2.05, 4.69) is 0 Å². The van der Waals surface area contributed by atoms with Crippen LogP contribution in [0.25, 0.3) is 0 Å². The summed E-state index contributed by atoms with van der Waals surface area (Å²) in [6.07, 6.45) is 2.53. The van der Waals surface area contributed by atoms with Gasteiger partial charge in [0.1, 0.15) is 0 Å². The van der Waals surface area contributed by atoms with Gasteiger partial charge in [-0.15, -0.1) is 0 Å². The molecule has 0 saturated carbocycles. The number of carbonyl (C=O) groups is 1. The highest BCUT2D eigenvalue weighted by molar-refractivity contribution is 5.88. The van der Waals surface area contributed by atoms with Crippen molar-refractivity contribution in [3.8, 4) is 0 Å². The summed E-state index contributed by atoms with van der Waals surface area (Å²) in [5.74, 6) is -1.73. The molecule has 2 aliphatic rings. The normalized spacial score (nSPS) is 36.2. The van der Waals surface area contributed by atoms with E-state index in [1.807, 2.05) is 0 Å². The van der Waals surface area contributed by atoms with Gasteiger partial charge in [-0.1, -0.05) is 12.2 Å². The summed E-state index contributed by atoms with van der Waals surface area (Å²) in [7, 11) is 1.50. The number of fused-ring (bicyclic) bond motifs is 1. The molecule has 0 aromatic rings. The number of carboxylic acids is 1. The lowest BCUT2D eigenvalue weighted by Crippen LogP contribution is -2.38. The van der Waals surface area contributed by atoms with Crippen LogP contribution < -0.4 is 0 Å². The first-order chi connectivity index (χ1) is 8.10. The van der Waals surface area contributed by atoms with E-state index in [9.17, 15) is 15.0 Å². The molecule has 0 amide bonds. The van der Waals surface area contributed by atoms with E-state index in [1.165, 1.54) is 7.11 Å². The van der Waals surface area contributed by atoms with E-state index in [4.69, 9.17) is 9.84 Å². The molecule has 5 nitrogen and oxygen atoms in total. The number of hydrogen-bond donors (Lipinski definition) is 3. The van der Waals surface area contributed by atoms with Gasteiger partial charge >= 0.3 is 5.97 Å². The van der Waals surface area contributed by atoms with Crippen LogP contribution in [0.4, 0.5) is 0 Å². The Kier molecular flexibility index (Phi) is 3.33. The molecule has 94 valence electrons.